The zero-order chi connectivity index (χ0) is 16.1. The molecule has 0 heterocycles. The normalized spacial score (nSPS) is 40.3. The molecule has 3 aliphatic rings. The molecule has 2 bridgehead atoms. The largest absolute Gasteiger partial charge is 0.414 e. The number of rotatable bonds is 4. The Hall–Kier alpha value is -0.123. The molecule has 0 aliphatic heterocycles. The van der Waals surface area contributed by atoms with Gasteiger partial charge in [0.25, 0.3) is 0 Å². The first-order valence-corrected chi connectivity index (χ1v) is 11.3. The van der Waals surface area contributed by atoms with Gasteiger partial charge in [0, 0.05) is 5.92 Å². The van der Waals surface area contributed by atoms with Crippen LogP contribution in [-0.2, 0) is 4.43 Å². The van der Waals surface area contributed by atoms with E-state index in [1.807, 2.05) is 6.08 Å². The maximum absolute atomic E-state index is 11.2. The predicted molar refractivity (Wildman–Crippen MR) is 91.9 cm³/mol. The van der Waals surface area contributed by atoms with Crippen LogP contribution >= 0.6 is 0 Å². The van der Waals surface area contributed by atoms with Gasteiger partial charge in [-0.2, -0.15) is 0 Å². The average molecular weight is 311 g/mol. The van der Waals surface area contributed by atoms with E-state index < -0.39 is 13.9 Å². The summed E-state index contributed by atoms with van der Waals surface area (Å²) in [6.45, 7) is 17.7. The molecule has 0 radical (unpaired) electrons. The molecular weight excluding hydrogens is 276 g/mol. The Morgan fingerprint density at radius 3 is 2.48 bits per heavy atom. The van der Waals surface area contributed by atoms with Crippen LogP contribution in [0.3, 0.4) is 0 Å². The van der Waals surface area contributed by atoms with Crippen molar-refractivity contribution in [1.29, 1.82) is 0 Å². The smallest absolute Gasteiger partial charge is 0.192 e. The number of fused-ring (bicyclic) bond motifs is 3. The van der Waals surface area contributed by atoms with Gasteiger partial charge in [0.1, 0.15) is 0 Å². The summed E-state index contributed by atoms with van der Waals surface area (Å²) in [5.41, 5.74) is -0.362. The van der Waals surface area contributed by atoms with E-state index in [0.29, 0.717) is 6.42 Å². The standard InChI is InChI=1S/C18H34O2Si/c1-8-10-18(19)13-17(5)11-9-14(18)15(12-17)20-21(6,7)16(2,3)4/h8,14-15,19H,1,9-13H2,2-7H3/t14-,15+,17+,18-/m1/s1. The summed E-state index contributed by atoms with van der Waals surface area (Å²) in [7, 11) is -1.79. The summed E-state index contributed by atoms with van der Waals surface area (Å²) in [6.07, 6.45) is 7.16. The zero-order valence-corrected chi connectivity index (χ0v) is 15.8. The van der Waals surface area contributed by atoms with Crippen LogP contribution in [0, 0.1) is 11.3 Å². The molecule has 3 rings (SSSR count). The van der Waals surface area contributed by atoms with Gasteiger partial charge < -0.3 is 9.53 Å². The average Bonchev–Trinajstić information content (AvgIpc) is 2.24. The van der Waals surface area contributed by atoms with Gasteiger partial charge >= 0.3 is 0 Å². The minimum atomic E-state index is -1.79. The van der Waals surface area contributed by atoms with Crippen LogP contribution in [0.15, 0.2) is 12.7 Å². The maximum atomic E-state index is 11.2. The summed E-state index contributed by atoms with van der Waals surface area (Å²) in [4.78, 5) is 0. The van der Waals surface area contributed by atoms with E-state index in [9.17, 15) is 5.11 Å². The number of hydrogen-bond donors (Lipinski definition) is 1. The van der Waals surface area contributed by atoms with E-state index in [2.05, 4.69) is 47.4 Å². The second-order valence-electron chi connectivity index (χ2n) is 9.35. The lowest BCUT2D eigenvalue weighted by Crippen LogP contribution is -2.60. The van der Waals surface area contributed by atoms with Crippen LogP contribution in [-0.4, -0.2) is 25.1 Å². The first-order chi connectivity index (χ1) is 9.43. The summed E-state index contributed by atoms with van der Waals surface area (Å²) in [6, 6.07) is 0. The Morgan fingerprint density at radius 2 is 2.00 bits per heavy atom. The highest BCUT2D eigenvalue weighted by atomic mass is 28.4. The fourth-order valence-corrected chi connectivity index (χ4v) is 5.58. The second kappa shape index (κ2) is 5.21. The van der Waals surface area contributed by atoms with Crippen molar-refractivity contribution < 1.29 is 9.53 Å². The highest BCUT2D eigenvalue weighted by molar-refractivity contribution is 6.74. The summed E-state index contributed by atoms with van der Waals surface area (Å²) >= 11 is 0. The summed E-state index contributed by atoms with van der Waals surface area (Å²) < 4.78 is 6.73. The molecule has 2 nitrogen and oxygen atoms in total. The zero-order valence-electron chi connectivity index (χ0n) is 14.8. The van der Waals surface area contributed by atoms with Crippen molar-refractivity contribution in [2.24, 2.45) is 11.3 Å². The highest BCUT2D eigenvalue weighted by Crippen LogP contribution is 2.57. The van der Waals surface area contributed by atoms with E-state index in [0.717, 1.165) is 19.3 Å². The Labute approximate surface area is 132 Å². The SMILES string of the molecule is C=CC[C@@]1(O)C[C@@]2(C)CC[C@@H]1[C@@H](O[Si](C)(C)C(C)(C)C)C2. The van der Waals surface area contributed by atoms with Gasteiger partial charge in [-0.05, 0) is 55.7 Å². The van der Waals surface area contributed by atoms with Crippen LogP contribution in [0.25, 0.3) is 0 Å². The lowest BCUT2D eigenvalue weighted by atomic mass is 9.53. The third-order valence-electron chi connectivity index (χ3n) is 6.37. The van der Waals surface area contributed by atoms with Gasteiger partial charge in [-0.25, -0.2) is 0 Å². The molecule has 3 fully saturated rings. The summed E-state index contributed by atoms with van der Waals surface area (Å²) in [5.74, 6) is 0.284. The van der Waals surface area contributed by atoms with E-state index in [-0.39, 0.29) is 22.5 Å². The van der Waals surface area contributed by atoms with Gasteiger partial charge in [0.15, 0.2) is 8.32 Å². The molecule has 1 N–H and O–H groups in total. The van der Waals surface area contributed by atoms with Crippen molar-refractivity contribution in [3.8, 4) is 0 Å². The molecule has 0 unspecified atom stereocenters. The van der Waals surface area contributed by atoms with Crippen molar-refractivity contribution in [2.45, 2.75) is 89.6 Å². The van der Waals surface area contributed by atoms with Crippen molar-refractivity contribution in [2.75, 3.05) is 0 Å². The number of hydrogen-bond acceptors (Lipinski definition) is 2. The minimum absolute atomic E-state index is 0.223. The molecule has 4 atom stereocenters. The van der Waals surface area contributed by atoms with Crippen molar-refractivity contribution in [3.63, 3.8) is 0 Å². The van der Waals surface area contributed by atoms with Gasteiger partial charge in [-0.3, -0.25) is 0 Å². The molecule has 0 amide bonds. The molecule has 3 heteroatoms. The van der Waals surface area contributed by atoms with E-state index in [1.54, 1.807) is 0 Å². The molecule has 0 saturated heterocycles. The molecule has 0 aromatic rings. The van der Waals surface area contributed by atoms with Crippen molar-refractivity contribution in [3.05, 3.63) is 12.7 Å². The summed E-state index contributed by atoms with van der Waals surface area (Å²) in [5, 5.41) is 11.4. The van der Waals surface area contributed by atoms with Crippen LogP contribution in [0.1, 0.15) is 59.8 Å². The minimum Gasteiger partial charge on any atom is -0.414 e. The van der Waals surface area contributed by atoms with E-state index in [1.165, 1.54) is 6.42 Å². The monoisotopic (exact) mass is 310 g/mol. The Kier molecular flexibility index (Phi) is 4.27. The predicted octanol–water partition coefficient (Wildman–Crippen LogP) is 4.89. The third kappa shape index (κ3) is 3.15. The second-order valence-corrected chi connectivity index (χ2v) is 14.1. The highest BCUT2D eigenvalue weighted by Gasteiger charge is 2.57. The van der Waals surface area contributed by atoms with Crippen molar-refractivity contribution >= 4 is 8.32 Å². The molecule has 122 valence electrons. The molecule has 0 spiro atoms. The van der Waals surface area contributed by atoms with Crippen LogP contribution < -0.4 is 0 Å². The maximum Gasteiger partial charge on any atom is 0.192 e. The molecule has 3 saturated carbocycles. The first kappa shape index (κ1) is 17.2. The fourth-order valence-electron chi connectivity index (χ4n) is 4.22. The Balaban J connectivity index is 2.23. The number of aliphatic hydroxyl groups is 1. The molecule has 0 aromatic heterocycles. The molecule has 0 aromatic carbocycles. The lowest BCUT2D eigenvalue weighted by Gasteiger charge is -2.59. The third-order valence-corrected chi connectivity index (χ3v) is 10.9. The van der Waals surface area contributed by atoms with Crippen LogP contribution in [0.5, 0.6) is 0 Å². The quantitative estimate of drug-likeness (QED) is 0.591. The topological polar surface area (TPSA) is 29.5 Å². The molecule has 21 heavy (non-hydrogen) atoms. The van der Waals surface area contributed by atoms with Crippen molar-refractivity contribution in [1.82, 2.24) is 0 Å². The Bertz CT molecular complexity index is 412. The molecular formula is C18H34O2Si. The van der Waals surface area contributed by atoms with E-state index in [4.69, 9.17) is 4.43 Å². The van der Waals surface area contributed by atoms with Crippen LogP contribution in [0.2, 0.25) is 18.1 Å². The van der Waals surface area contributed by atoms with Gasteiger partial charge in [-0.15, -0.1) is 6.58 Å². The molecule has 3 aliphatic carbocycles. The van der Waals surface area contributed by atoms with E-state index >= 15 is 0 Å². The van der Waals surface area contributed by atoms with Gasteiger partial charge in [0.2, 0.25) is 0 Å². The van der Waals surface area contributed by atoms with Gasteiger partial charge in [0.05, 0.1) is 11.7 Å². The lowest BCUT2D eigenvalue weighted by molar-refractivity contribution is -0.173. The van der Waals surface area contributed by atoms with Gasteiger partial charge in [-0.1, -0.05) is 33.8 Å². The van der Waals surface area contributed by atoms with Crippen LogP contribution in [0.4, 0.5) is 0 Å². The fraction of sp³-hybridized carbons (Fsp3) is 0.889. The first-order valence-electron chi connectivity index (χ1n) is 8.44. The Morgan fingerprint density at radius 1 is 1.38 bits per heavy atom.